The van der Waals surface area contributed by atoms with E-state index in [4.69, 9.17) is 16.9 Å². The summed E-state index contributed by atoms with van der Waals surface area (Å²) in [6, 6.07) is 9.68. The van der Waals surface area contributed by atoms with Gasteiger partial charge in [0.1, 0.15) is 0 Å². The second kappa shape index (κ2) is 9.42. The molecule has 1 aromatic rings. The summed E-state index contributed by atoms with van der Waals surface area (Å²) in [6.07, 6.45) is 2.83. The fourth-order valence-corrected chi connectivity index (χ4v) is 3.63. The monoisotopic (exact) mass is 338 g/mol. The van der Waals surface area contributed by atoms with Gasteiger partial charge in [0.15, 0.2) is 0 Å². The summed E-state index contributed by atoms with van der Waals surface area (Å²) in [5.41, 5.74) is 0.968. The topological polar surface area (TPSA) is 47.3 Å². The van der Waals surface area contributed by atoms with Crippen molar-refractivity contribution in [3.05, 3.63) is 34.9 Å². The van der Waals surface area contributed by atoms with Crippen LogP contribution in [-0.4, -0.2) is 41.1 Å². The van der Waals surface area contributed by atoms with Gasteiger partial charge in [-0.2, -0.15) is 5.26 Å². The Morgan fingerprint density at radius 3 is 2.64 bits per heavy atom. The smallest absolute Gasteiger partial charge is 0.0819 e. The summed E-state index contributed by atoms with van der Waals surface area (Å²) in [5.74, 6) is 1.99. The lowest BCUT2D eigenvalue weighted by Crippen LogP contribution is -2.36. The Hall–Kier alpha value is -0.730. The predicted molar refractivity (Wildman–Crippen MR) is 93.1 cm³/mol. The van der Waals surface area contributed by atoms with Crippen LogP contribution in [0.4, 0.5) is 0 Å². The Balaban J connectivity index is 1.70. The molecule has 1 heterocycles. The van der Waals surface area contributed by atoms with Gasteiger partial charge < -0.3 is 10.0 Å². The first-order valence-corrected chi connectivity index (χ1v) is 9.34. The number of piperidine rings is 1. The minimum absolute atomic E-state index is 0.338. The third kappa shape index (κ3) is 5.48. The Morgan fingerprint density at radius 2 is 2.00 bits per heavy atom. The van der Waals surface area contributed by atoms with Gasteiger partial charge in [0.2, 0.25) is 0 Å². The van der Waals surface area contributed by atoms with Crippen molar-refractivity contribution in [2.45, 2.75) is 25.4 Å². The maximum Gasteiger partial charge on any atom is 0.0819 e. The van der Waals surface area contributed by atoms with E-state index < -0.39 is 0 Å². The average molecular weight is 339 g/mol. The van der Waals surface area contributed by atoms with Crippen LogP contribution < -0.4 is 0 Å². The quantitative estimate of drug-likeness (QED) is 0.769. The average Bonchev–Trinajstić information content (AvgIpc) is 2.55. The number of halogens is 1. The van der Waals surface area contributed by atoms with Gasteiger partial charge in [0.05, 0.1) is 17.9 Å². The summed E-state index contributed by atoms with van der Waals surface area (Å²) >= 11 is 7.60. The van der Waals surface area contributed by atoms with Gasteiger partial charge in [-0.1, -0.05) is 23.7 Å². The molecule has 1 atom stereocenters. The van der Waals surface area contributed by atoms with Crippen LogP contribution in [0.1, 0.15) is 30.9 Å². The van der Waals surface area contributed by atoms with E-state index in [2.05, 4.69) is 11.0 Å². The van der Waals surface area contributed by atoms with Gasteiger partial charge in [-0.25, -0.2) is 0 Å². The highest BCUT2D eigenvalue weighted by molar-refractivity contribution is 7.99. The van der Waals surface area contributed by atoms with Crippen LogP contribution in [-0.2, 0) is 0 Å². The molecule has 1 unspecified atom stereocenters. The molecule has 22 heavy (non-hydrogen) atoms. The molecule has 1 saturated heterocycles. The predicted octanol–water partition coefficient (Wildman–Crippen LogP) is 3.73. The molecular weight excluding hydrogens is 316 g/mol. The number of nitrogens with zero attached hydrogens (tertiary/aromatic N) is 2. The standard InChI is InChI=1S/C17H23ClN2OS/c18-16-4-2-14(3-5-16)17(21)15-6-10-20(11-7-15)9-1-12-22-13-8-19/h2-5,15,17,21H,1,6-7,9-13H2. The first-order chi connectivity index (χ1) is 10.7. The van der Waals surface area contributed by atoms with E-state index in [0.29, 0.717) is 16.7 Å². The lowest BCUT2D eigenvalue weighted by Gasteiger charge is -2.34. The highest BCUT2D eigenvalue weighted by Gasteiger charge is 2.25. The number of likely N-dealkylation sites (tertiary alicyclic amines) is 1. The van der Waals surface area contributed by atoms with Crippen molar-refractivity contribution in [3.63, 3.8) is 0 Å². The number of hydrogen-bond donors (Lipinski definition) is 1. The van der Waals surface area contributed by atoms with E-state index in [9.17, 15) is 5.11 Å². The molecule has 0 bridgehead atoms. The first-order valence-electron chi connectivity index (χ1n) is 7.81. The molecule has 0 saturated carbocycles. The highest BCUT2D eigenvalue weighted by atomic mass is 35.5. The van der Waals surface area contributed by atoms with Gasteiger partial charge in [-0.3, -0.25) is 0 Å². The number of nitriles is 1. The Bertz CT molecular complexity index is 480. The van der Waals surface area contributed by atoms with Crippen LogP contribution in [0.2, 0.25) is 5.02 Å². The van der Waals surface area contributed by atoms with Crippen molar-refractivity contribution >= 4 is 23.4 Å². The summed E-state index contributed by atoms with van der Waals surface area (Å²) < 4.78 is 0. The minimum Gasteiger partial charge on any atom is -0.388 e. The Kier molecular flexibility index (Phi) is 7.54. The van der Waals surface area contributed by atoms with Crippen molar-refractivity contribution < 1.29 is 5.11 Å². The van der Waals surface area contributed by atoms with E-state index in [0.717, 1.165) is 50.2 Å². The molecule has 2 rings (SSSR count). The molecule has 0 aromatic heterocycles. The third-order valence-corrected chi connectivity index (χ3v) is 5.38. The summed E-state index contributed by atoms with van der Waals surface area (Å²) in [6.45, 7) is 3.21. The maximum atomic E-state index is 10.5. The SMILES string of the molecule is N#CCSCCCN1CCC(C(O)c2ccc(Cl)cc2)CC1. The van der Waals surface area contributed by atoms with E-state index in [1.165, 1.54) is 0 Å². The van der Waals surface area contributed by atoms with Crippen LogP contribution in [0.15, 0.2) is 24.3 Å². The molecule has 0 spiro atoms. The molecule has 3 nitrogen and oxygen atoms in total. The van der Waals surface area contributed by atoms with Gasteiger partial charge >= 0.3 is 0 Å². The van der Waals surface area contributed by atoms with Crippen LogP contribution >= 0.6 is 23.4 Å². The van der Waals surface area contributed by atoms with Crippen LogP contribution in [0.3, 0.4) is 0 Å². The van der Waals surface area contributed by atoms with E-state index >= 15 is 0 Å². The lowest BCUT2D eigenvalue weighted by molar-refractivity contribution is 0.0590. The van der Waals surface area contributed by atoms with Crippen molar-refractivity contribution in [2.75, 3.05) is 31.1 Å². The third-order valence-electron chi connectivity index (χ3n) is 4.22. The zero-order valence-electron chi connectivity index (χ0n) is 12.7. The number of thioether (sulfide) groups is 1. The van der Waals surface area contributed by atoms with Gasteiger partial charge in [-0.15, -0.1) is 11.8 Å². The van der Waals surface area contributed by atoms with E-state index in [1.54, 1.807) is 11.8 Å². The number of aliphatic hydroxyl groups excluding tert-OH is 1. The molecule has 0 aliphatic carbocycles. The van der Waals surface area contributed by atoms with Crippen LogP contribution in [0.25, 0.3) is 0 Å². The Labute approximate surface area is 142 Å². The normalized spacial score (nSPS) is 18.0. The fraction of sp³-hybridized carbons (Fsp3) is 0.588. The second-order valence-electron chi connectivity index (χ2n) is 5.74. The molecule has 1 fully saturated rings. The summed E-state index contributed by atoms with van der Waals surface area (Å²) in [5, 5.41) is 19.7. The lowest BCUT2D eigenvalue weighted by atomic mass is 9.87. The highest BCUT2D eigenvalue weighted by Crippen LogP contribution is 2.31. The first kappa shape index (κ1) is 17.6. The zero-order valence-corrected chi connectivity index (χ0v) is 14.3. The fourth-order valence-electron chi connectivity index (χ4n) is 2.93. The number of rotatable bonds is 7. The van der Waals surface area contributed by atoms with Crippen molar-refractivity contribution in [1.29, 1.82) is 5.26 Å². The molecule has 0 amide bonds. The minimum atomic E-state index is -0.384. The molecule has 5 heteroatoms. The van der Waals surface area contributed by atoms with Gasteiger partial charge in [0.25, 0.3) is 0 Å². The largest absolute Gasteiger partial charge is 0.388 e. The van der Waals surface area contributed by atoms with Crippen LogP contribution in [0, 0.1) is 17.2 Å². The van der Waals surface area contributed by atoms with E-state index in [1.807, 2.05) is 24.3 Å². The molecular formula is C17H23ClN2OS. The van der Waals surface area contributed by atoms with E-state index in [-0.39, 0.29) is 6.10 Å². The van der Waals surface area contributed by atoms with Crippen molar-refractivity contribution in [2.24, 2.45) is 5.92 Å². The zero-order chi connectivity index (χ0) is 15.8. The number of benzene rings is 1. The van der Waals surface area contributed by atoms with Gasteiger partial charge in [-0.05, 0) is 68.3 Å². The summed E-state index contributed by atoms with van der Waals surface area (Å²) in [4.78, 5) is 2.47. The molecule has 0 radical (unpaired) electrons. The molecule has 1 aliphatic rings. The number of hydrogen-bond acceptors (Lipinski definition) is 4. The number of aliphatic hydroxyl groups is 1. The Morgan fingerprint density at radius 1 is 1.32 bits per heavy atom. The maximum absolute atomic E-state index is 10.5. The summed E-state index contributed by atoms with van der Waals surface area (Å²) in [7, 11) is 0. The molecule has 120 valence electrons. The molecule has 1 N–H and O–H groups in total. The van der Waals surface area contributed by atoms with Crippen LogP contribution in [0.5, 0.6) is 0 Å². The van der Waals surface area contributed by atoms with Gasteiger partial charge in [0, 0.05) is 5.02 Å². The second-order valence-corrected chi connectivity index (χ2v) is 7.28. The van der Waals surface area contributed by atoms with Crippen molar-refractivity contribution in [1.82, 2.24) is 4.90 Å². The molecule has 1 aromatic carbocycles. The van der Waals surface area contributed by atoms with Crippen molar-refractivity contribution in [3.8, 4) is 6.07 Å². The molecule has 1 aliphatic heterocycles.